The maximum absolute atomic E-state index is 12.8. The van der Waals surface area contributed by atoms with Crippen molar-refractivity contribution in [3.05, 3.63) is 0 Å². The van der Waals surface area contributed by atoms with Crippen molar-refractivity contribution >= 4 is 17.7 Å². The van der Waals surface area contributed by atoms with E-state index in [9.17, 15) is 14.4 Å². The van der Waals surface area contributed by atoms with Crippen LogP contribution in [0.4, 0.5) is 0 Å². The summed E-state index contributed by atoms with van der Waals surface area (Å²) in [6.45, 7) is 5.44. The molecule has 2 saturated heterocycles. The predicted octanol–water partition coefficient (Wildman–Crippen LogP) is 1.53. The molecular formula is C17H28N2O4. The van der Waals surface area contributed by atoms with E-state index in [4.69, 9.17) is 4.74 Å². The minimum Gasteiger partial charge on any atom is -0.381 e. The van der Waals surface area contributed by atoms with Crippen molar-refractivity contribution in [1.82, 2.24) is 10.6 Å². The second-order valence-electron chi connectivity index (χ2n) is 7.00. The van der Waals surface area contributed by atoms with Crippen LogP contribution in [0, 0.1) is 11.3 Å². The molecule has 0 radical (unpaired) electrons. The van der Waals surface area contributed by atoms with Crippen molar-refractivity contribution in [2.45, 2.75) is 64.8 Å². The molecule has 0 spiro atoms. The number of carbonyl (C=O) groups excluding carboxylic acids is 3. The summed E-state index contributed by atoms with van der Waals surface area (Å²) in [5.41, 5.74) is -0.528. The van der Waals surface area contributed by atoms with Crippen LogP contribution in [0.5, 0.6) is 0 Å². The first-order chi connectivity index (χ1) is 10.9. The number of rotatable bonds is 3. The van der Waals surface area contributed by atoms with E-state index in [-0.39, 0.29) is 18.2 Å². The van der Waals surface area contributed by atoms with Gasteiger partial charge in [0.25, 0.3) is 0 Å². The Morgan fingerprint density at radius 3 is 2.74 bits per heavy atom. The lowest BCUT2D eigenvalue weighted by Crippen LogP contribution is -2.55. The number of carbonyl (C=O) groups is 3. The highest BCUT2D eigenvalue weighted by atomic mass is 16.5. The van der Waals surface area contributed by atoms with Crippen molar-refractivity contribution in [3.63, 3.8) is 0 Å². The Labute approximate surface area is 137 Å². The van der Waals surface area contributed by atoms with Gasteiger partial charge in [-0.1, -0.05) is 20.3 Å². The van der Waals surface area contributed by atoms with E-state index in [1.165, 1.54) is 0 Å². The quantitative estimate of drug-likeness (QED) is 0.771. The zero-order chi connectivity index (χ0) is 16.9. The number of ether oxygens (including phenoxy) is 1. The van der Waals surface area contributed by atoms with Crippen LogP contribution >= 0.6 is 0 Å². The molecule has 3 atom stereocenters. The maximum Gasteiger partial charge on any atom is 0.249 e. The van der Waals surface area contributed by atoms with Crippen LogP contribution in [0.15, 0.2) is 0 Å². The maximum atomic E-state index is 12.8. The molecule has 3 amide bonds. The highest BCUT2D eigenvalue weighted by Gasteiger charge is 2.37. The van der Waals surface area contributed by atoms with E-state index in [0.29, 0.717) is 25.4 Å². The second-order valence-corrected chi connectivity index (χ2v) is 7.00. The number of hydrogen-bond donors (Lipinski definition) is 2. The van der Waals surface area contributed by atoms with Gasteiger partial charge in [0, 0.05) is 25.0 Å². The van der Waals surface area contributed by atoms with Crippen LogP contribution in [0.1, 0.15) is 58.8 Å². The molecule has 2 aliphatic rings. The first kappa shape index (κ1) is 17.9. The first-order valence-corrected chi connectivity index (χ1v) is 8.67. The minimum atomic E-state index is -0.604. The highest BCUT2D eigenvalue weighted by Crippen LogP contribution is 2.33. The summed E-state index contributed by atoms with van der Waals surface area (Å²) < 4.78 is 5.65. The molecular weight excluding hydrogens is 296 g/mol. The molecule has 2 fully saturated rings. The molecule has 130 valence electrons. The molecule has 0 saturated carbocycles. The lowest BCUT2D eigenvalue weighted by molar-refractivity contribution is -0.140. The third kappa shape index (κ3) is 4.77. The zero-order valence-corrected chi connectivity index (χ0v) is 14.2. The molecule has 2 heterocycles. The van der Waals surface area contributed by atoms with Crippen molar-refractivity contribution in [3.8, 4) is 0 Å². The largest absolute Gasteiger partial charge is 0.381 e. The summed E-state index contributed by atoms with van der Waals surface area (Å²) in [6.07, 6.45) is 5.24. The van der Waals surface area contributed by atoms with Crippen LogP contribution in [0.3, 0.4) is 0 Å². The van der Waals surface area contributed by atoms with E-state index in [1.807, 2.05) is 6.92 Å². The summed E-state index contributed by atoms with van der Waals surface area (Å²) >= 11 is 0. The molecule has 0 aromatic carbocycles. The Bertz CT molecular complexity index is 466. The molecule has 0 aliphatic carbocycles. The normalized spacial score (nSPS) is 33.1. The van der Waals surface area contributed by atoms with Crippen LogP contribution in [-0.4, -0.2) is 37.0 Å². The van der Waals surface area contributed by atoms with Gasteiger partial charge in [-0.25, -0.2) is 0 Å². The topological polar surface area (TPSA) is 84.5 Å². The van der Waals surface area contributed by atoms with E-state index in [1.54, 1.807) is 0 Å². The van der Waals surface area contributed by atoms with Crippen LogP contribution < -0.4 is 10.6 Å². The van der Waals surface area contributed by atoms with Gasteiger partial charge in [0.05, 0.1) is 0 Å². The molecule has 2 aliphatic heterocycles. The molecule has 2 N–H and O–H groups in total. The fraction of sp³-hybridized carbons (Fsp3) is 0.824. The smallest absolute Gasteiger partial charge is 0.249 e. The van der Waals surface area contributed by atoms with Crippen molar-refractivity contribution in [2.24, 2.45) is 11.3 Å². The summed E-state index contributed by atoms with van der Waals surface area (Å²) in [4.78, 5) is 35.8. The van der Waals surface area contributed by atoms with E-state index >= 15 is 0 Å². The molecule has 0 aromatic heterocycles. The standard InChI is InChI=1S/C17H28N2O4/c1-3-12-6-8-17(2,9-11-23-10-7-12)16(22)18-13-4-5-14(20)19-15(13)21/h12-13H,3-11H2,1-2H3,(H,18,22)(H,19,20,21). The molecule has 0 aromatic rings. The Balaban J connectivity index is 1.99. The third-order valence-electron chi connectivity index (χ3n) is 5.24. The average molecular weight is 324 g/mol. The number of imide groups is 1. The molecule has 0 bridgehead atoms. The molecule has 6 nitrogen and oxygen atoms in total. The van der Waals surface area contributed by atoms with Gasteiger partial charge in [0.15, 0.2) is 0 Å². The summed E-state index contributed by atoms with van der Waals surface area (Å²) in [5.74, 6) is -0.194. The third-order valence-corrected chi connectivity index (χ3v) is 5.24. The average Bonchev–Trinajstić information content (AvgIpc) is 2.61. The second kappa shape index (κ2) is 7.90. The van der Waals surface area contributed by atoms with Crippen LogP contribution in [0.2, 0.25) is 0 Å². The van der Waals surface area contributed by atoms with Gasteiger partial charge in [-0.2, -0.15) is 0 Å². The zero-order valence-electron chi connectivity index (χ0n) is 14.2. The number of piperidine rings is 1. The molecule has 6 heteroatoms. The highest BCUT2D eigenvalue weighted by molar-refractivity contribution is 6.02. The molecule has 23 heavy (non-hydrogen) atoms. The van der Waals surface area contributed by atoms with Gasteiger partial charge in [0.2, 0.25) is 17.7 Å². The monoisotopic (exact) mass is 324 g/mol. The fourth-order valence-corrected chi connectivity index (χ4v) is 3.24. The lowest BCUT2D eigenvalue weighted by Gasteiger charge is -2.31. The van der Waals surface area contributed by atoms with Gasteiger partial charge in [-0.3, -0.25) is 19.7 Å². The van der Waals surface area contributed by atoms with E-state index in [2.05, 4.69) is 17.6 Å². The summed E-state index contributed by atoms with van der Waals surface area (Å²) in [5, 5.41) is 5.12. The van der Waals surface area contributed by atoms with Crippen LogP contribution in [0.25, 0.3) is 0 Å². The van der Waals surface area contributed by atoms with E-state index in [0.717, 1.165) is 32.3 Å². The Morgan fingerprint density at radius 1 is 1.26 bits per heavy atom. The Morgan fingerprint density at radius 2 is 2.04 bits per heavy atom. The van der Waals surface area contributed by atoms with Gasteiger partial charge in [-0.05, 0) is 38.0 Å². The lowest BCUT2D eigenvalue weighted by atomic mass is 9.78. The molecule has 3 unspecified atom stereocenters. The van der Waals surface area contributed by atoms with Crippen LogP contribution in [-0.2, 0) is 19.1 Å². The number of nitrogens with one attached hydrogen (secondary N) is 2. The predicted molar refractivity (Wildman–Crippen MR) is 85.5 cm³/mol. The van der Waals surface area contributed by atoms with Gasteiger partial charge in [-0.15, -0.1) is 0 Å². The van der Waals surface area contributed by atoms with Gasteiger partial charge < -0.3 is 10.1 Å². The van der Waals surface area contributed by atoms with Crippen molar-refractivity contribution in [1.29, 1.82) is 0 Å². The van der Waals surface area contributed by atoms with E-state index < -0.39 is 17.4 Å². The summed E-state index contributed by atoms with van der Waals surface area (Å²) in [6, 6.07) is -0.604. The van der Waals surface area contributed by atoms with Gasteiger partial charge >= 0.3 is 0 Å². The number of amides is 3. The summed E-state index contributed by atoms with van der Waals surface area (Å²) in [7, 11) is 0. The van der Waals surface area contributed by atoms with Crippen molar-refractivity contribution < 1.29 is 19.1 Å². The Hall–Kier alpha value is -1.43. The number of hydrogen-bond acceptors (Lipinski definition) is 4. The Kier molecular flexibility index (Phi) is 6.16. The first-order valence-electron chi connectivity index (χ1n) is 8.67. The fourth-order valence-electron chi connectivity index (χ4n) is 3.24. The minimum absolute atomic E-state index is 0.104. The molecule has 2 rings (SSSR count). The SMILES string of the molecule is CCC1CCOCCC(C)(C(=O)NC2CCC(=O)NC2=O)CC1. The van der Waals surface area contributed by atoms with Crippen molar-refractivity contribution in [2.75, 3.05) is 13.2 Å². The van der Waals surface area contributed by atoms with Gasteiger partial charge in [0.1, 0.15) is 6.04 Å².